The third-order valence-corrected chi connectivity index (χ3v) is 7.14. The molecule has 36 heavy (non-hydrogen) atoms. The molecule has 1 aromatic carbocycles. The molecule has 9 nitrogen and oxygen atoms in total. The maximum Gasteiger partial charge on any atom is 0.276 e. The van der Waals surface area contributed by atoms with E-state index in [4.69, 9.17) is 0 Å². The Morgan fingerprint density at radius 2 is 2.00 bits per heavy atom. The van der Waals surface area contributed by atoms with E-state index < -0.39 is 21.6 Å². The smallest absolute Gasteiger partial charge is 0.276 e. The van der Waals surface area contributed by atoms with Crippen molar-refractivity contribution in [2.75, 3.05) is 11.6 Å². The van der Waals surface area contributed by atoms with Crippen LogP contribution < -0.4 is 10.6 Å². The minimum absolute atomic E-state index is 0.0516. The number of amides is 1. The molecule has 0 unspecified atom stereocenters. The topological polar surface area (TPSA) is 119 Å². The van der Waals surface area contributed by atoms with Crippen LogP contribution in [0.3, 0.4) is 0 Å². The number of benzene rings is 1. The number of hydrogen-bond donors (Lipinski definition) is 2. The number of pyridine rings is 1. The van der Waals surface area contributed by atoms with E-state index in [2.05, 4.69) is 45.6 Å². The maximum absolute atomic E-state index is 14.7. The zero-order valence-electron chi connectivity index (χ0n) is 20.1. The van der Waals surface area contributed by atoms with Gasteiger partial charge in [-0.3, -0.25) is 15.1 Å². The molecular formula is C24H25FN6O3S2. The normalized spacial score (nSPS) is 11.7. The van der Waals surface area contributed by atoms with Crippen LogP contribution in [0.15, 0.2) is 53.0 Å². The van der Waals surface area contributed by atoms with Crippen LogP contribution in [0, 0.1) is 12.7 Å². The molecule has 3 aromatic heterocycles. The van der Waals surface area contributed by atoms with Crippen LogP contribution >= 0.6 is 11.3 Å². The number of sulfone groups is 1. The molecule has 0 fully saturated rings. The molecule has 188 valence electrons. The van der Waals surface area contributed by atoms with Gasteiger partial charge in [0.15, 0.2) is 15.0 Å². The zero-order valence-corrected chi connectivity index (χ0v) is 21.7. The van der Waals surface area contributed by atoms with E-state index in [0.29, 0.717) is 16.9 Å². The number of carbonyl (C=O) groups is 1. The van der Waals surface area contributed by atoms with Gasteiger partial charge in [0.05, 0.1) is 16.8 Å². The number of thiazole rings is 1. The van der Waals surface area contributed by atoms with E-state index >= 15 is 0 Å². The minimum atomic E-state index is -3.57. The van der Waals surface area contributed by atoms with Crippen molar-refractivity contribution in [1.29, 1.82) is 0 Å². The monoisotopic (exact) mass is 528 g/mol. The lowest BCUT2D eigenvalue weighted by molar-refractivity contribution is 0.101. The molecule has 0 saturated carbocycles. The fourth-order valence-corrected chi connectivity index (χ4v) is 4.80. The summed E-state index contributed by atoms with van der Waals surface area (Å²) in [4.78, 5) is 21.8. The summed E-state index contributed by atoms with van der Waals surface area (Å²) in [7, 11) is -3.57. The van der Waals surface area contributed by atoms with E-state index in [1.54, 1.807) is 11.6 Å². The standard InChI is InChI=1S/C24H25FN6O3S2/c1-14(2)26-11-16-9-15(3)22(27-12-16)19-13-35-24(29-19)30-23(32)21-7-8-28-31(21)20-6-5-17(10-18(20)25)36(4,33)34/h5-10,12-14,26H,11H2,1-4H3,(H,29,30,32). The van der Waals surface area contributed by atoms with Crippen molar-refractivity contribution < 1.29 is 17.6 Å². The van der Waals surface area contributed by atoms with Gasteiger partial charge in [-0.1, -0.05) is 19.9 Å². The summed E-state index contributed by atoms with van der Waals surface area (Å²) in [6, 6.07) is 7.30. The number of rotatable bonds is 8. The van der Waals surface area contributed by atoms with Gasteiger partial charge in [-0.25, -0.2) is 22.5 Å². The molecule has 0 aliphatic heterocycles. The maximum atomic E-state index is 14.7. The highest BCUT2D eigenvalue weighted by Gasteiger charge is 2.19. The third kappa shape index (κ3) is 5.66. The largest absolute Gasteiger partial charge is 0.310 e. The number of aromatic nitrogens is 4. The number of halogens is 1. The Morgan fingerprint density at radius 3 is 2.67 bits per heavy atom. The first-order valence-corrected chi connectivity index (χ1v) is 13.8. The Hall–Kier alpha value is -3.48. The van der Waals surface area contributed by atoms with Crippen molar-refractivity contribution in [3.05, 3.63) is 70.7 Å². The van der Waals surface area contributed by atoms with Crippen LogP contribution in [-0.2, 0) is 16.4 Å². The van der Waals surface area contributed by atoms with Crippen LogP contribution in [0.2, 0.25) is 0 Å². The number of aryl methyl sites for hydroxylation is 1. The van der Waals surface area contributed by atoms with Crippen LogP contribution in [0.25, 0.3) is 17.1 Å². The number of hydrogen-bond acceptors (Lipinski definition) is 8. The molecule has 4 aromatic rings. The lowest BCUT2D eigenvalue weighted by Crippen LogP contribution is -2.21. The molecule has 1 amide bonds. The number of nitrogens with zero attached hydrogens (tertiary/aromatic N) is 4. The van der Waals surface area contributed by atoms with E-state index in [9.17, 15) is 17.6 Å². The summed E-state index contributed by atoms with van der Waals surface area (Å²) in [5.74, 6) is -1.36. The van der Waals surface area contributed by atoms with E-state index in [1.165, 1.54) is 35.7 Å². The first-order chi connectivity index (χ1) is 17.0. The first kappa shape index (κ1) is 25.6. The summed E-state index contributed by atoms with van der Waals surface area (Å²) >= 11 is 1.24. The van der Waals surface area contributed by atoms with Gasteiger partial charge in [-0.05, 0) is 42.3 Å². The van der Waals surface area contributed by atoms with Gasteiger partial charge in [0.25, 0.3) is 5.91 Å². The molecule has 12 heteroatoms. The lowest BCUT2D eigenvalue weighted by Gasteiger charge is -2.10. The van der Waals surface area contributed by atoms with Crippen molar-refractivity contribution >= 4 is 32.2 Å². The van der Waals surface area contributed by atoms with Gasteiger partial charge in [0.2, 0.25) is 0 Å². The van der Waals surface area contributed by atoms with Gasteiger partial charge in [0.1, 0.15) is 22.9 Å². The molecule has 4 rings (SSSR count). The van der Waals surface area contributed by atoms with Crippen molar-refractivity contribution in [3.8, 4) is 17.1 Å². The highest BCUT2D eigenvalue weighted by atomic mass is 32.2. The van der Waals surface area contributed by atoms with Crippen LogP contribution in [0.4, 0.5) is 9.52 Å². The first-order valence-electron chi connectivity index (χ1n) is 11.0. The Morgan fingerprint density at radius 1 is 1.22 bits per heavy atom. The second-order valence-corrected chi connectivity index (χ2v) is 11.4. The van der Waals surface area contributed by atoms with E-state index in [1.807, 2.05) is 6.92 Å². The van der Waals surface area contributed by atoms with Gasteiger partial charge in [-0.15, -0.1) is 11.3 Å². The van der Waals surface area contributed by atoms with Crippen molar-refractivity contribution in [1.82, 2.24) is 25.1 Å². The molecule has 2 N–H and O–H groups in total. The van der Waals surface area contributed by atoms with E-state index in [-0.39, 0.29) is 16.3 Å². The predicted octanol–water partition coefficient (Wildman–Crippen LogP) is 3.99. The van der Waals surface area contributed by atoms with Gasteiger partial charge < -0.3 is 5.32 Å². The minimum Gasteiger partial charge on any atom is -0.310 e. The highest BCUT2D eigenvalue weighted by molar-refractivity contribution is 7.90. The Bertz CT molecular complexity index is 1530. The second kappa shape index (κ2) is 10.2. The number of nitrogens with one attached hydrogen (secondary N) is 2. The fraction of sp³-hybridized carbons (Fsp3) is 0.250. The quantitative estimate of drug-likeness (QED) is 0.355. The van der Waals surface area contributed by atoms with Gasteiger partial charge >= 0.3 is 0 Å². The molecule has 0 saturated heterocycles. The average molecular weight is 529 g/mol. The molecule has 0 atom stereocenters. The fourth-order valence-electron chi connectivity index (χ4n) is 3.48. The molecular weight excluding hydrogens is 503 g/mol. The lowest BCUT2D eigenvalue weighted by atomic mass is 10.1. The summed E-state index contributed by atoms with van der Waals surface area (Å²) in [5, 5.41) is 12.3. The predicted molar refractivity (Wildman–Crippen MR) is 137 cm³/mol. The molecule has 0 spiro atoms. The van der Waals surface area contributed by atoms with E-state index in [0.717, 1.165) is 40.4 Å². The summed E-state index contributed by atoms with van der Waals surface area (Å²) in [5.41, 5.74) is 3.40. The van der Waals surface area contributed by atoms with Crippen LogP contribution in [0.5, 0.6) is 0 Å². The zero-order chi connectivity index (χ0) is 26.0. The molecule has 0 aliphatic carbocycles. The third-order valence-electron chi connectivity index (χ3n) is 5.27. The Balaban J connectivity index is 1.52. The summed E-state index contributed by atoms with van der Waals surface area (Å²) < 4.78 is 39.2. The van der Waals surface area contributed by atoms with Crippen molar-refractivity contribution in [2.45, 2.75) is 38.3 Å². The highest BCUT2D eigenvalue weighted by Crippen LogP contribution is 2.27. The molecule has 3 heterocycles. The van der Waals surface area contributed by atoms with Crippen molar-refractivity contribution in [3.63, 3.8) is 0 Å². The van der Waals surface area contributed by atoms with Gasteiger partial charge in [-0.2, -0.15) is 5.10 Å². The summed E-state index contributed by atoms with van der Waals surface area (Å²) in [6.07, 6.45) is 4.15. The molecule has 0 aliphatic rings. The SMILES string of the molecule is Cc1cc(CNC(C)C)cnc1-c1csc(NC(=O)c2ccnn2-c2ccc(S(C)(=O)=O)cc2F)n1. The number of carbonyl (C=O) groups excluding carboxylic acids is 1. The molecule has 0 radical (unpaired) electrons. The average Bonchev–Trinajstić information content (AvgIpc) is 3.47. The molecule has 0 bridgehead atoms. The Kier molecular flexibility index (Phi) is 7.29. The van der Waals surface area contributed by atoms with Crippen molar-refractivity contribution in [2.24, 2.45) is 0 Å². The van der Waals surface area contributed by atoms with Gasteiger partial charge in [0, 0.05) is 30.4 Å². The Labute approximate surface area is 212 Å². The number of anilines is 1. The second-order valence-electron chi connectivity index (χ2n) is 8.55. The van der Waals surface area contributed by atoms with Crippen LogP contribution in [-0.4, -0.2) is 46.4 Å². The summed E-state index contributed by atoms with van der Waals surface area (Å²) in [6.45, 7) is 6.84. The van der Waals surface area contributed by atoms with Crippen LogP contribution in [0.1, 0.15) is 35.5 Å².